The normalized spacial score (nSPS) is 16.9. The van der Waals surface area contributed by atoms with Crippen LogP contribution in [-0.4, -0.2) is 15.5 Å². The van der Waals surface area contributed by atoms with E-state index < -0.39 is 22.7 Å². The summed E-state index contributed by atoms with van der Waals surface area (Å²) < 4.78 is 39.6. The number of hydrogen-bond acceptors (Lipinski definition) is 4. The molecule has 1 aliphatic rings. The molecule has 4 aromatic rings. The zero-order valence-corrected chi connectivity index (χ0v) is 24.6. The molecule has 39 heavy (non-hydrogen) atoms. The summed E-state index contributed by atoms with van der Waals surface area (Å²) in [4.78, 5) is 2.27. The summed E-state index contributed by atoms with van der Waals surface area (Å²) in [5.41, 5.74) is 4.67. The van der Waals surface area contributed by atoms with Crippen molar-refractivity contribution >= 4 is 28.3 Å². The van der Waals surface area contributed by atoms with Crippen LogP contribution in [-0.2, 0) is 15.4 Å². The number of para-hydroxylation sites is 2. The standard InChI is InChI=1S/C32H33N2O3PS/c1-24-19-21-27(22-20-24)39(35,36)33-38(26-14-7-6-8-15-26,37-30-18-12-9-13-25(30)2)23-31-32(3,4)28-16-10-11-17-29(28)34(31)5/h6-23H,1-5H3. The zero-order valence-electron chi connectivity index (χ0n) is 22.9. The number of rotatable bonds is 6. The van der Waals surface area contributed by atoms with Crippen LogP contribution in [0.5, 0.6) is 5.75 Å². The van der Waals surface area contributed by atoms with E-state index in [4.69, 9.17) is 8.67 Å². The highest BCUT2D eigenvalue weighted by atomic mass is 32.2. The number of sulfonamides is 1. The first-order valence-electron chi connectivity index (χ1n) is 12.9. The first-order chi connectivity index (χ1) is 18.5. The Balaban J connectivity index is 1.85. The summed E-state index contributed by atoms with van der Waals surface area (Å²) in [5, 5.41) is 0.719. The Kier molecular flexibility index (Phi) is 7.04. The van der Waals surface area contributed by atoms with Gasteiger partial charge in [0.2, 0.25) is 7.28 Å². The summed E-state index contributed by atoms with van der Waals surface area (Å²) in [5.74, 6) is 2.59. The van der Waals surface area contributed by atoms with Crippen molar-refractivity contribution in [2.45, 2.75) is 38.0 Å². The molecule has 0 N–H and O–H groups in total. The van der Waals surface area contributed by atoms with Gasteiger partial charge < -0.3 is 9.42 Å². The van der Waals surface area contributed by atoms with Crippen molar-refractivity contribution in [3.63, 3.8) is 0 Å². The van der Waals surface area contributed by atoms with Gasteiger partial charge in [0.1, 0.15) is 5.75 Å². The third kappa shape index (κ3) is 5.07. The predicted molar refractivity (Wildman–Crippen MR) is 162 cm³/mol. The smallest absolute Gasteiger partial charge is 0.284 e. The van der Waals surface area contributed by atoms with Crippen LogP contribution in [0.25, 0.3) is 0 Å². The molecule has 1 heterocycles. The Morgan fingerprint density at radius 3 is 2.10 bits per heavy atom. The van der Waals surface area contributed by atoms with Gasteiger partial charge in [-0.05, 0) is 61.4 Å². The molecule has 0 fully saturated rings. The molecule has 0 saturated heterocycles. The second-order valence-corrected chi connectivity index (χ2v) is 14.7. The topological polar surface area (TPSA) is 59.0 Å². The number of allylic oxidation sites excluding steroid dienone is 1. The molecule has 0 amide bonds. The first-order valence-corrected chi connectivity index (χ1v) is 16.0. The number of benzene rings is 4. The van der Waals surface area contributed by atoms with E-state index in [9.17, 15) is 8.42 Å². The van der Waals surface area contributed by atoms with E-state index >= 15 is 0 Å². The van der Waals surface area contributed by atoms with Crippen LogP contribution in [0.2, 0.25) is 0 Å². The minimum Gasteiger partial charge on any atom is -0.451 e. The molecule has 0 aromatic heterocycles. The minimum absolute atomic E-state index is 0.141. The average Bonchev–Trinajstić information content (AvgIpc) is 3.11. The number of hydrogen-bond donors (Lipinski definition) is 0. The van der Waals surface area contributed by atoms with Gasteiger partial charge in [-0.3, -0.25) is 0 Å². The Morgan fingerprint density at radius 2 is 1.44 bits per heavy atom. The molecule has 0 aliphatic carbocycles. The monoisotopic (exact) mass is 556 g/mol. The molecule has 0 radical (unpaired) electrons. The van der Waals surface area contributed by atoms with Crippen LogP contribution in [0, 0.1) is 13.8 Å². The van der Waals surface area contributed by atoms with Gasteiger partial charge in [-0.25, -0.2) is 0 Å². The first kappa shape index (κ1) is 27.0. The van der Waals surface area contributed by atoms with Crippen molar-refractivity contribution < 1.29 is 12.9 Å². The van der Waals surface area contributed by atoms with Gasteiger partial charge in [0, 0.05) is 35.0 Å². The highest BCUT2D eigenvalue weighted by Crippen LogP contribution is 2.58. The molecule has 5 rings (SSSR count). The Morgan fingerprint density at radius 1 is 0.821 bits per heavy atom. The van der Waals surface area contributed by atoms with Gasteiger partial charge in [0.05, 0.1) is 4.90 Å². The largest absolute Gasteiger partial charge is 0.451 e. The van der Waals surface area contributed by atoms with Crippen molar-refractivity contribution in [1.29, 1.82) is 0 Å². The Hall–Kier alpha value is -3.60. The van der Waals surface area contributed by atoms with Gasteiger partial charge >= 0.3 is 0 Å². The summed E-state index contributed by atoms with van der Waals surface area (Å²) in [6.45, 7) is 8.19. The second-order valence-electron chi connectivity index (χ2n) is 10.4. The van der Waals surface area contributed by atoms with E-state index in [1.165, 1.54) is 5.56 Å². The predicted octanol–water partition coefficient (Wildman–Crippen LogP) is 7.78. The third-order valence-electron chi connectivity index (χ3n) is 7.24. The van der Waals surface area contributed by atoms with E-state index in [-0.39, 0.29) is 4.90 Å². The Bertz CT molecular complexity index is 1710. The van der Waals surface area contributed by atoms with Crippen LogP contribution in [0.3, 0.4) is 0 Å². The average molecular weight is 557 g/mol. The summed E-state index contributed by atoms with van der Waals surface area (Å²) >= 11 is 0. The number of anilines is 1. The van der Waals surface area contributed by atoms with E-state index in [1.54, 1.807) is 24.3 Å². The van der Waals surface area contributed by atoms with E-state index in [0.29, 0.717) is 5.75 Å². The fourth-order valence-electron chi connectivity index (χ4n) is 5.00. The molecule has 5 nitrogen and oxygen atoms in total. The molecule has 1 unspecified atom stereocenters. The maximum absolute atomic E-state index is 14.0. The lowest BCUT2D eigenvalue weighted by molar-refractivity contribution is 0.592. The Labute approximate surface area is 232 Å². The lowest BCUT2D eigenvalue weighted by Gasteiger charge is -2.29. The lowest BCUT2D eigenvalue weighted by Crippen LogP contribution is -2.24. The fraction of sp³-hybridized carbons (Fsp3) is 0.188. The molecule has 200 valence electrons. The van der Waals surface area contributed by atoms with Crippen molar-refractivity contribution in [2.75, 3.05) is 11.9 Å². The molecular weight excluding hydrogens is 523 g/mol. The molecule has 7 heteroatoms. The zero-order chi connectivity index (χ0) is 27.8. The third-order valence-corrected chi connectivity index (χ3v) is 12.0. The van der Waals surface area contributed by atoms with Gasteiger partial charge in [-0.2, -0.15) is 8.42 Å². The summed E-state index contributed by atoms with van der Waals surface area (Å²) in [7, 11) is -5.44. The van der Waals surface area contributed by atoms with Crippen LogP contribution >= 0.6 is 7.28 Å². The molecule has 0 bridgehead atoms. The van der Waals surface area contributed by atoms with Crippen molar-refractivity contribution in [1.82, 2.24) is 0 Å². The molecule has 4 aromatic carbocycles. The summed E-state index contributed by atoms with van der Waals surface area (Å²) in [6, 6.07) is 32.2. The van der Waals surface area contributed by atoms with Gasteiger partial charge in [0.15, 0.2) is 0 Å². The quantitative estimate of drug-likeness (QED) is 0.228. The van der Waals surface area contributed by atoms with Gasteiger partial charge in [-0.15, -0.1) is 4.15 Å². The van der Waals surface area contributed by atoms with Crippen LogP contribution in [0.1, 0.15) is 30.5 Å². The summed E-state index contributed by atoms with van der Waals surface area (Å²) in [6.07, 6.45) is 0. The highest BCUT2D eigenvalue weighted by Gasteiger charge is 2.41. The van der Waals surface area contributed by atoms with Crippen molar-refractivity contribution in [3.05, 3.63) is 131 Å². The number of likely N-dealkylation sites (N-methyl/N-ethyl adjacent to an activating group) is 1. The van der Waals surface area contributed by atoms with Crippen molar-refractivity contribution in [2.24, 2.45) is 4.15 Å². The second kappa shape index (κ2) is 10.2. The number of aryl methyl sites for hydroxylation is 2. The molecule has 1 atom stereocenters. The molecule has 0 saturated carbocycles. The maximum atomic E-state index is 14.0. The molecule has 1 aliphatic heterocycles. The van der Waals surface area contributed by atoms with E-state index in [1.807, 2.05) is 93.4 Å². The lowest BCUT2D eigenvalue weighted by atomic mass is 9.84. The number of nitrogens with zero attached hydrogens (tertiary/aromatic N) is 2. The fourth-order valence-corrected chi connectivity index (χ4v) is 10.1. The van der Waals surface area contributed by atoms with Crippen molar-refractivity contribution in [3.8, 4) is 5.75 Å². The van der Waals surface area contributed by atoms with Gasteiger partial charge in [0.25, 0.3) is 10.0 Å². The molecular formula is C32H33N2O3PS. The van der Waals surface area contributed by atoms with Crippen LogP contribution in [0.4, 0.5) is 5.69 Å². The van der Waals surface area contributed by atoms with Crippen LogP contribution < -0.4 is 14.7 Å². The SMILES string of the molecule is Cc1ccc(S(=O)(=O)N=P(C=C2N(C)c3ccccc3C2(C)C)(Oc2ccccc2C)c2ccccc2)cc1. The number of fused-ring (bicyclic) bond motifs is 1. The van der Waals surface area contributed by atoms with Gasteiger partial charge in [-0.1, -0.05) is 86.1 Å². The highest BCUT2D eigenvalue weighted by molar-refractivity contribution is 7.95. The molecule has 0 spiro atoms. The minimum atomic E-state index is -4.09. The van der Waals surface area contributed by atoms with E-state index in [2.05, 4.69) is 30.9 Å². The van der Waals surface area contributed by atoms with Crippen LogP contribution in [0.15, 0.2) is 124 Å². The van der Waals surface area contributed by atoms with E-state index in [0.717, 1.165) is 27.8 Å². The maximum Gasteiger partial charge on any atom is 0.284 e.